The van der Waals surface area contributed by atoms with Crippen molar-refractivity contribution < 1.29 is 13.9 Å². The maximum atomic E-state index is 14.1. The summed E-state index contributed by atoms with van der Waals surface area (Å²) in [5, 5.41) is 0.374. The van der Waals surface area contributed by atoms with Crippen molar-refractivity contribution >= 4 is 17.6 Å². The molecule has 1 aromatic carbocycles. The molecule has 0 N–H and O–H groups in total. The third-order valence-corrected chi connectivity index (χ3v) is 3.79. The normalized spacial score (nSPS) is 16.6. The standard InChI is InChI=1S/C17H22ClFO2/c1-17(2,3)21-16(20)9-12(8-11-4-5-11)14-7-6-13(18)10-15(14)19/h6-7,10-12H,4-5,8-9H2,1-3H3/t12-/m0/s1. The number of rotatable bonds is 5. The molecule has 0 saturated heterocycles. The molecule has 4 heteroatoms. The summed E-state index contributed by atoms with van der Waals surface area (Å²) in [6, 6.07) is 4.68. The van der Waals surface area contributed by atoms with Crippen molar-refractivity contribution in [3.05, 3.63) is 34.6 Å². The lowest BCUT2D eigenvalue weighted by Crippen LogP contribution is -2.25. The number of ether oxygens (including phenoxy) is 1. The Hall–Kier alpha value is -1.09. The second-order valence-corrected chi connectivity index (χ2v) is 7.27. The van der Waals surface area contributed by atoms with Crippen LogP contribution in [0, 0.1) is 11.7 Å². The molecule has 0 heterocycles. The molecule has 0 amide bonds. The van der Waals surface area contributed by atoms with E-state index in [4.69, 9.17) is 16.3 Å². The average molecular weight is 313 g/mol. The number of carbonyl (C=O) groups excluding carboxylic acids is 1. The lowest BCUT2D eigenvalue weighted by Gasteiger charge is -2.23. The largest absolute Gasteiger partial charge is 0.460 e. The maximum Gasteiger partial charge on any atom is 0.306 e. The van der Waals surface area contributed by atoms with Gasteiger partial charge < -0.3 is 4.74 Å². The van der Waals surface area contributed by atoms with Crippen LogP contribution in [-0.4, -0.2) is 11.6 Å². The molecular weight excluding hydrogens is 291 g/mol. The topological polar surface area (TPSA) is 26.3 Å². The molecule has 1 aliphatic rings. The first-order valence-electron chi connectivity index (χ1n) is 7.41. The van der Waals surface area contributed by atoms with Crippen LogP contribution in [0.1, 0.15) is 57.9 Å². The zero-order valence-electron chi connectivity index (χ0n) is 12.8. The van der Waals surface area contributed by atoms with Crippen LogP contribution >= 0.6 is 11.6 Å². The summed E-state index contributed by atoms with van der Waals surface area (Å²) in [4.78, 5) is 12.1. The fourth-order valence-corrected chi connectivity index (χ4v) is 2.65. The predicted molar refractivity (Wildman–Crippen MR) is 82.0 cm³/mol. The Morgan fingerprint density at radius 1 is 1.43 bits per heavy atom. The van der Waals surface area contributed by atoms with Gasteiger partial charge in [0.05, 0.1) is 6.42 Å². The maximum absolute atomic E-state index is 14.1. The van der Waals surface area contributed by atoms with E-state index in [-0.39, 0.29) is 24.1 Å². The van der Waals surface area contributed by atoms with E-state index in [2.05, 4.69) is 0 Å². The number of benzene rings is 1. The van der Waals surface area contributed by atoms with E-state index in [0.717, 1.165) is 6.42 Å². The Morgan fingerprint density at radius 2 is 2.10 bits per heavy atom. The van der Waals surface area contributed by atoms with Crippen LogP contribution in [0.4, 0.5) is 4.39 Å². The monoisotopic (exact) mass is 312 g/mol. The summed E-state index contributed by atoms with van der Waals surface area (Å²) in [5.41, 5.74) is 0.0527. The van der Waals surface area contributed by atoms with Crippen molar-refractivity contribution in [2.24, 2.45) is 5.92 Å². The van der Waals surface area contributed by atoms with Crippen LogP contribution < -0.4 is 0 Å². The fraction of sp³-hybridized carbons (Fsp3) is 0.588. The van der Waals surface area contributed by atoms with E-state index in [9.17, 15) is 9.18 Å². The van der Waals surface area contributed by atoms with E-state index in [0.29, 0.717) is 16.5 Å². The summed E-state index contributed by atoms with van der Waals surface area (Å²) in [5.74, 6) is -0.142. The average Bonchev–Trinajstić information content (AvgIpc) is 3.09. The summed E-state index contributed by atoms with van der Waals surface area (Å²) >= 11 is 5.80. The van der Waals surface area contributed by atoms with Crippen molar-refractivity contribution in [1.82, 2.24) is 0 Å². The van der Waals surface area contributed by atoms with Crippen molar-refractivity contribution in [3.63, 3.8) is 0 Å². The number of hydrogen-bond acceptors (Lipinski definition) is 2. The molecule has 2 nitrogen and oxygen atoms in total. The van der Waals surface area contributed by atoms with E-state index >= 15 is 0 Å². The van der Waals surface area contributed by atoms with Gasteiger partial charge in [0.1, 0.15) is 11.4 Å². The van der Waals surface area contributed by atoms with Gasteiger partial charge in [-0.05, 0) is 56.7 Å². The molecule has 0 spiro atoms. The van der Waals surface area contributed by atoms with Crippen molar-refractivity contribution in [2.45, 2.75) is 58.0 Å². The summed E-state index contributed by atoms with van der Waals surface area (Å²) in [6.07, 6.45) is 3.38. The van der Waals surface area contributed by atoms with Crippen LogP contribution in [0.25, 0.3) is 0 Å². The smallest absolute Gasteiger partial charge is 0.306 e. The Kier molecular flexibility index (Phi) is 4.92. The molecule has 1 atom stereocenters. The Morgan fingerprint density at radius 3 is 2.62 bits per heavy atom. The van der Waals surface area contributed by atoms with Crippen LogP contribution in [0.2, 0.25) is 5.02 Å². The summed E-state index contributed by atoms with van der Waals surface area (Å²) in [6.45, 7) is 5.51. The Bertz CT molecular complexity index is 518. The van der Waals surface area contributed by atoms with Gasteiger partial charge in [0.2, 0.25) is 0 Å². The minimum atomic E-state index is -0.514. The van der Waals surface area contributed by atoms with E-state index in [1.54, 1.807) is 12.1 Å². The molecule has 21 heavy (non-hydrogen) atoms. The van der Waals surface area contributed by atoms with Crippen molar-refractivity contribution in [2.75, 3.05) is 0 Å². The van der Waals surface area contributed by atoms with Gasteiger partial charge in [0.15, 0.2) is 0 Å². The van der Waals surface area contributed by atoms with Crippen molar-refractivity contribution in [1.29, 1.82) is 0 Å². The SMILES string of the molecule is CC(C)(C)OC(=O)C[C@H](CC1CC1)c1ccc(Cl)cc1F. The zero-order valence-corrected chi connectivity index (χ0v) is 13.5. The lowest BCUT2D eigenvalue weighted by molar-refractivity contribution is -0.155. The molecule has 0 aromatic heterocycles. The molecular formula is C17H22ClFO2. The Labute approximate surface area is 130 Å². The molecule has 0 bridgehead atoms. The third kappa shape index (κ3) is 5.31. The first kappa shape index (κ1) is 16.3. The Balaban J connectivity index is 2.12. The van der Waals surface area contributed by atoms with Gasteiger partial charge >= 0.3 is 5.97 Å². The fourth-order valence-electron chi connectivity index (χ4n) is 2.49. The van der Waals surface area contributed by atoms with Gasteiger partial charge in [0, 0.05) is 5.02 Å². The molecule has 1 fully saturated rings. The third-order valence-electron chi connectivity index (χ3n) is 3.55. The van der Waals surface area contributed by atoms with Gasteiger partial charge in [-0.2, -0.15) is 0 Å². The molecule has 116 valence electrons. The molecule has 1 saturated carbocycles. The summed E-state index contributed by atoms with van der Waals surface area (Å²) in [7, 11) is 0. The predicted octanol–water partition coefficient (Wildman–Crippen LogP) is 5.09. The zero-order chi connectivity index (χ0) is 15.6. The number of esters is 1. The molecule has 0 aliphatic heterocycles. The minimum absolute atomic E-state index is 0.135. The highest BCUT2D eigenvalue weighted by Crippen LogP contribution is 2.41. The van der Waals surface area contributed by atoms with Crippen LogP contribution in [0.5, 0.6) is 0 Å². The minimum Gasteiger partial charge on any atom is -0.460 e. The van der Waals surface area contributed by atoms with E-state index < -0.39 is 5.60 Å². The quantitative estimate of drug-likeness (QED) is 0.707. The lowest BCUT2D eigenvalue weighted by atomic mass is 9.90. The molecule has 2 rings (SSSR count). The van der Waals surface area contributed by atoms with Crippen LogP contribution in [-0.2, 0) is 9.53 Å². The van der Waals surface area contributed by atoms with Gasteiger partial charge in [-0.3, -0.25) is 4.79 Å². The highest BCUT2D eigenvalue weighted by atomic mass is 35.5. The second kappa shape index (κ2) is 6.35. The highest BCUT2D eigenvalue weighted by Gasteiger charge is 2.30. The first-order chi connectivity index (χ1) is 9.74. The first-order valence-corrected chi connectivity index (χ1v) is 7.79. The number of halogens is 2. The van der Waals surface area contributed by atoms with E-state index in [1.807, 2.05) is 20.8 Å². The molecule has 1 aliphatic carbocycles. The van der Waals surface area contributed by atoms with Gasteiger partial charge in [-0.1, -0.05) is 30.5 Å². The molecule has 1 aromatic rings. The number of hydrogen-bond donors (Lipinski definition) is 0. The van der Waals surface area contributed by atoms with Crippen LogP contribution in [0.15, 0.2) is 18.2 Å². The van der Waals surface area contributed by atoms with Gasteiger partial charge in [0.25, 0.3) is 0 Å². The molecule has 0 unspecified atom stereocenters. The highest BCUT2D eigenvalue weighted by molar-refractivity contribution is 6.30. The summed E-state index contributed by atoms with van der Waals surface area (Å²) < 4.78 is 19.5. The van der Waals surface area contributed by atoms with Crippen molar-refractivity contribution in [3.8, 4) is 0 Å². The van der Waals surface area contributed by atoms with Gasteiger partial charge in [-0.25, -0.2) is 4.39 Å². The van der Waals surface area contributed by atoms with Crippen LogP contribution in [0.3, 0.4) is 0 Å². The van der Waals surface area contributed by atoms with E-state index in [1.165, 1.54) is 18.9 Å². The second-order valence-electron chi connectivity index (χ2n) is 6.83. The molecule has 0 radical (unpaired) electrons. The number of carbonyl (C=O) groups is 1. The van der Waals surface area contributed by atoms with Gasteiger partial charge in [-0.15, -0.1) is 0 Å².